The lowest BCUT2D eigenvalue weighted by Crippen LogP contribution is -2.05. The molecule has 0 saturated heterocycles. The van der Waals surface area contributed by atoms with Crippen molar-refractivity contribution in [2.75, 3.05) is 5.73 Å². The fourth-order valence-corrected chi connectivity index (χ4v) is 3.32. The molecule has 1 saturated carbocycles. The largest absolute Gasteiger partial charge is 0.383 e. The number of anilines is 1. The van der Waals surface area contributed by atoms with Crippen LogP contribution in [-0.4, -0.2) is 24.7 Å². The van der Waals surface area contributed by atoms with Gasteiger partial charge in [0.2, 0.25) is 0 Å². The van der Waals surface area contributed by atoms with Gasteiger partial charge in [0.25, 0.3) is 0 Å². The fourth-order valence-electron chi connectivity index (χ4n) is 3.32. The van der Waals surface area contributed by atoms with E-state index in [1.54, 1.807) is 23.1 Å². The van der Waals surface area contributed by atoms with E-state index in [0.29, 0.717) is 34.5 Å². The second-order valence-corrected chi connectivity index (χ2v) is 6.93. The maximum atomic E-state index is 14.1. The van der Waals surface area contributed by atoms with Crippen molar-refractivity contribution in [2.24, 2.45) is 0 Å². The minimum Gasteiger partial charge on any atom is -0.383 e. The van der Waals surface area contributed by atoms with Crippen molar-refractivity contribution in [3.8, 4) is 11.5 Å². The molecular weight excluding hydrogens is 362 g/mol. The first kappa shape index (κ1) is 16.7. The zero-order valence-corrected chi connectivity index (χ0v) is 14.8. The third-order valence-corrected chi connectivity index (χ3v) is 4.92. The average Bonchev–Trinajstić information content (AvgIpc) is 3.46. The molecule has 1 aromatic carbocycles. The summed E-state index contributed by atoms with van der Waals surface area (Å²) in [5.74, 6) is 0.0637. The number of nitrogens with two attached hydrogens (primary N) is 1. The summed E-state index contributed by atoms with van der Waals surface area (Å²) in [6.07, 6.45) is 5.61. The summed E-state index contributed by atoms with van der Waals surface area (Å²) in [5.41, 5.74) is 8.50. The van der Waals surface area contributed by atoms with E-state index in [4.69, 9.17) is 5.73 Å². The van der Waals surface area contributed by atoms with Crippen molar-refractivity contribution >= 4 is 16.9 Å². The highest BCUT2D eigenvalue weighted by molar-refractivity contribution is 5.89. The summed E-state index contributed by atoms with van der Waals surface area (Å²) in [6, 6.07) is 7.13. The number of benzene rings is 1. The van der Waals surface area contributed by atoms with Gasteiger partial charge in [-0.15, -0.1) is 0 Å². The molecule has 6 nitrogen and oxygen atoms in total. The second kappa shape index (κ2) is 6.33. The molecule has 28 heavy (non-hydrogen) atoms. The van der Waals surface area contributed by atoms with Crippen LogP contribution in [0.5, 0.6) is 0 Å². The van der Waals surface area contributed by atoms with Crippen LogP contribution >= 0.6 is 0 Å². The van der Waals surface area contributed by atoms with Crippen molar-refractivity contribution in [1.82, 2.24) is 24.7 Å². The van der Waals surface area contributed by atoms with E-state index in [9.17, 15) is 8.78 Å². The van der Waals surface area contributed by atoms with Crippen LogP contribution in [0.15, 0.2) is 42.7 Å². The summed E-state index contributed by atoms with van der Waals surface area (Å²) in [7, 11) is 0. The van der Waals surface area contributed by atoms with E-state index < -0.39 is 11.6 Å². The van der Waals surface area contributed by atoms with Gasteiger partial charge >= 0.3 is 0 Å². The van der Waals surface area contributed by atoms with Crippen LogP contribution in [0.1, 0.15) is 29.9 Å². The first-order valence-electron chi connectivity index (χ1n) is 8.98. The SMILES string of the molecule is Nc1nc(-c2nn(Cc3ccc(F)cc3F)c3ncccc23)ncc1C1CC1. The van der Waals surface area contributed by atoms with Crippen LogP contribution in [0.2, 0.25) is 0 Å². The Balaban J connectivity index is 1.60. The molecule has 1 fully saturated rings. The molecule has 0 spiro atoms. The highest BCUT2D eigenvalue weighted by Gasteiger charge is 2.27. The molecule has 0 bridgehead atoms. The molecule has 5 rings (SSSR count). The molecule has 1 aliphatic rings. The molecule has 0 aliphatic heterocycles. The summed E-state index contributed by atoms with van der Waals surface area (Å²) in [4.78, 5) is 13.3. The predicted octanol–water partition coefficient (Wildman–Crippen LogP) is 3.67. The van der Waals surface area contributed by atoms with E-state index >= 15 is 0 Å². The van der Waals surface area contributed by atoms with Crippen molar-refractivity contribution < 1.29 is 8.78 Å². The van der Waals surface area contributed by atoms with Crippen molar-refractivity contribution in [3.63, 3.8) is 0 Å². The zero-order chi connectivity index (χ0) is 19.3. The average molecular weight is 378 g/mol. The Labute approximate surface area is 159 Å². The first-order valence-corrected chi connectivity index (χ1v) is 8.98. The number of fused-ring (bicyclic) bond motifs is 1. The number of pyridine rings is 1. The van der Waals surface area contributed by atoms with Crippen LogP contribution in [0.25, 0.3) is 22.6 Å². The molecule has 0 radical (unpaired) electrons. The van der Waals surface area contributed by atoms with Gasteiger partial charge in [0.1, 0.15) is 23.1 Å². The lowest BCUT2D eigenvalue weighted by atomic mass is 10.2. The van der Waals surface area contributed by atoms with Gasteiger partial charge in [0, 0.05) is 29.6 Å². The van der Waals surface area contributed by atoms with Gasteiger partial charge in [0.05, 0.1) is 11.9 Å². The molecule has 0 unspecified atom stereocenters. The van der Waals surface area contributed by atoms with E-state index in [0.717, 1.165) is 29.9 Å². The van der Waals surface area contributed by atoms with E-state index in [1.165, 1.54) is 12.1 Å². The number of halogens is 2. The summed E-state index contributed by atoms with van der Waals surface area (Å²) in [6.45, 7) is 0.106. The number of hydrogen-bond donors (Lipinski definition) is 1. The number of aromatic nitrogens is 5. The quantitative estimate of drug-likeness (QED) is 0.586. The molecule has 0 atom stereocenters. The molecule has 1 aliphatic carbocycles. The van der Waals surface area contributed by atoms with Gasteiger partial charge in [-0.3, -0.25) is 0 Å². The van der Waals surface area contributed by atoms with E-state index in [1.807, 2.05) is 6.07 Å². The fraction of sp³-hybridized carbons (Fsp3) is 0.200. The zero-order valence-electron chi connectivity index (χ0n) is 14.8. The van der Waals surface area contributed by atoms with Gasteiger partial charge in [-0.1, -0.05) is 6.07 Å². The highest BCUT2D eigenvalue weighted by Crippen LogP contribution is 2.42. The normalized spacial score (nSPS) is 13.9. The van der Waals surface area contributed by atoms with Gasteiger partial charge in [-0.05, 0) is 37.0 Å². The minimum absolute atomic E-state index is 0.106. The highest BCUT2D eigenvalue weighted by atomic mass is 19.1. The lowest BCUT2D eigenvalue weighted by molar-refractivity contribution is 0.561. The molecular formula is C20H16F2N6. The Hall–Kier alpha value is -3.42. The second-order valence-electron chi connectivity index (χ2n) is 6.93. The maximum Gasteiger partial charge on any atom is 0.182 e. The van der Waals surface area contributed by atoms with Gasteiger partial charge in [0.15, 0.2) is 11.5 Å². The Morgan fingerprint density at radius 1 is 1.14 bits per heavy atom. The summed E-state index contributed by atoms with van der Waals surface area (Å²) in [5, 5.41) is 5.30. The van der Waals surface area contributed by atoms with Crippen molar-refractivity contribution in [2.45, 2.75) is 25.3 Å². The van der Waals surface area contributed by atoms with Crippen LogP contribution in [0, 0.1) is 11.6 Å². The van der Waals surface area contributed by atoms with Crippen LogP contribution in [-0.2, 0) is 6.54 Å². The predicted molar refractivity (Wildman–Crippen MR) is 100 cm³/mol. The maximum absolute atomic E-state index is 14.1. The third kappa shape index (κ3) is 2.87. The number of rotatable bonds is 4. The van der Waals surface area contributed by atoms with Crippen molar-refractivity contribution in [3.05, 3.63) is 65.5 Å². The monoisotopic (exact) mass is 378 g/mol. The number of hydrogen-bond acceptors (Lipinski definition) is 5. The van der Waals surface area contributed by atoms with Crippen LogP contribution in [0.4, 0.5) is 14.6 Å². The Morgan fingerprint density at radius 3 is 2.75 bits per heavy atom. The first-order chi connectivity index (χ1) is 13.6. The smallest absolute Gasteiger partial charge is 0.182 e. The standard InChI is InChI=1S/C20H16F2N6/c21-13-6-5-12(16(22)8-13)10-28-20-14(2-1-7-24-20)17(27-28)19-25-9-15(11-3-4-11)18(23)26-19/h1-2,5-9,11H,3-4,10H2,(H2,23,25,26). The van der Waals surface area contributed by atoms with E-state index in [-0.39, 0.29) is 6.54 Å². The Bertz CT molecular complexity index is 1200. The van der Waals surface area contributed by atoms with Crippen LogP contribution in [0.3, 0.4) is 0 Å². The third-order valence-electron chi connectivity index (χ3n) is 4.92. The molecule has 3 aromatic heterocycles. The molecule has 2 N–H and O–H groups in total. The van der Waals surface area contributed by atoms with Gasteiger partial charge in [-0.25, -0.2) is 28.4 Å². The Morgan fingerprint density at radius 2 is 2.00 bits per heavy atom. The topological polar surface area (TPSA) is 82.5 Å². The molecule has 8 heteroatoms. The van der Waals surface area contributed by atoms with Crippen LogP contribution < -0.4 is 5.73 Å². The van der Waals surface area contributed by atoms with Gasteiger partial charge < -0.3 is 5.73 Å². The molecule has 3 heterocycles. The lowest BCUT2D eigenvalue weighted by Gasteiger charge is -2.05. The van der Waals surface area contributed by atoms with Gasteiger partial charge in [-0.2, -0.15) is 5.10 Å². The number of nitrogens with zero attached hydrogens (tertiary/aromatic N) is 5. The summed E-state index contributed by atoms with van der Waals surface area (Å²) < 4.78 is 28.9. The Kier molecular flexibility index (Phi) is 3.78. The molecule has 4 aromatic rings. The minimum atomic E-state index is -0.629. The molecule has 140 valence electrons. The number of nitrogen functional groups attached to an aromatic ring is 1. The van der Waals surface area contributed by atoms with Crippen molar-refractivity contribution in [1.29, 1.82) is 0 Å². The summed E-state index contributed by atoms with van der Waals surface area (Å²) >= 11 is 0. The van der Waals surface area contributed by atoms with E-state index in [2.05, 4.69) is 20.1 Å². The molecule has 0 amide bonds.